The molecule has 3 aromatic rings. The average molecular weight is 595 g/mol. The SMILES string of the molecule is Cc1cc(N)nc(-c2cc3nc(OCC45CCCN4CC(F)C5)nc(N4CCC=C(F)C4)c3cc2Cl)c1C(F)(F)F. The highest BCUT2D eigenvalue weighted by Crippen LogP contribution is 2.44. The number of nitrogen functional groups attached to an aromatic ring is 1. The largest absolute Gasteiger partial charge is 0.461 e. The number of hydrogen-bond acceptors (Lipinski definition) is 7. The minimum absolute atomic E-state index is 0.0150. The van der Waals surface area contributed by atoms with Crippen LogP contribution in [-0.2, 0) is 6.18 Å². The zero-order valence-electron chi connectivity index (χ0n) is 22.2. The Hall–Kier alpha value is -3.25. The van der Waals surface area contributed by atoms with Gasteiger partial charge in [0.15, 0.2) is 0 Å². The van der Waals surface area contributed by atoms with Gasteiger partial charge in [0, 0.05) is 30.5 Å². The normalized spacial score (nSPS) is 23.2. The topological polar surface area (TPSA) is 80.4 Å². The first-order valence-electron chi connectivity index (χ1n) is 13.4. The van der Waals surface area contributed by atoms with Crippen LogP contribution in [0.2, 0.25) is 5.02 Å². The molecule has 2 aromatic heterocycles. The molecule has 0 aliphatic carbocycles. The van der Waals surface area contributed by atoms with Gasteiger partial charge in [-0.1, -0.05) is 11.6 Å². The highest BCUT2D eigenvalue weighted by molar-refractivity contribution is 6.34. The van der Waals surface area contributed by atoms with E-state index < -0.39 is 29.1 Å². The van der Waals surface area contributed by atoms with Crippen molar-refractivity contribution in [3.8, 4) is 17.3 Å². The number of hydrogen-bond donors (Lipinski definition) is 1. The zero-order valence-corrected chi connectivity index (χ0v) is 23.0. The maximum absolute atomic E-state index is 14.3. The molecule has 13 heteroatoms. The van der Waals surface area contributed by atoms with E-state index >= 15 is 0 Å². The van der Waals surface area contributed by atoms with Gasteiger partial charge in [-0.25, -0.2) is 13.8 Å². The number of halogens is 6. The summed E-state index contributed by atoms with van der Waals surface area (Å²) >= 11 is 6.58. The quantitative estimate of drug-likeness (QED) is 0.349. The number of ether oxygens (including phenoxy) is 1. The second kappa shape index (κ2) is 10.2. The van der Waals surface area contributed by atoms with Crippen molar-refractivity contribution in [3.63, 3.8) is 0 Å². The maximum atomic E-state index is 14.3. The first kappa shape index (κ1) is 27.9. The van der Waals surface area contributed by atoms with Crippen LogP contribution in [0.15, 0.2) is 30.1 Å². The van der Waals surface area contributed by atoms with Crippen LogP contribution in [0, 0.1) is 6.92 Å². The van der Waals surface area contributed by atoms with Gasteiger partial charge in [-0.15, -0.1) is 0 Å². The molecule has 0 radical (unpaired) electrons. The number of fused-ring (bicyclic) bond motifs is 2. The second-order valence-corrected chi connectivity index (χ2v) is 11.4. The van der Waals surface area contributed by atoms with E-state index in [4.69, 9.17) is 22.1 Å². The summed E-state index contributed by atoms with van der Waals surface area (Å²) in [6.07, 6.45) is -1.69. The van der Waals surface area contributed by atoms with E-state index in [-0.39, 0.29) is 52.5 Å². The molecule has 5 heterocycles. The third kappa shape index (κ3) is 5.16. The zero-order chi connectivity index (χ0) is 29.1. The predicted octanol–water partition coefficient (Wildman–Crippen LogP) is 6.27. The van der Waals surface area contributed by atoms with E-state index in [2.05, 4.69) is 19.9 Å². The number of alkyl halides is 4. The molecule has 41 heavy (non-hydrogen) atoms. The third-order valence-electron chi connectivity index (χ3n) is 8.16. The van der Waals surface area contributed by atoms with Crippen molar-refractivity contribution in [1.29, 1.82) is 0 Å². The van der Waals surface area contributed by atoms with Crippen LogP contribution in [0.5, 0.6) is 6.01 Å². The van der Waals surface area contributed by atoms with E-state index in [1.165, 1.54) is 25.1 Å². The lowest BCUT2D eigenvalue weighted by molar-refractivity contribution is -0.137. The standard InChI is InChI=1S/C28H28ClF5N6O/c1-15-8-22(35)37-24(23(15)28(32,33)34)18-10-21-19(9-20(18)29)25(39-6-2-4-16(30)12-39)38-26(36-21)41-14-27-5-3-7-40(27)13-17(31)11-27/h4,8-10,17H,2-3,5-7,11-14H2,1H3,(H2,35,37). The Kier molecular flexibility index (Phi) is 6.96. The smallest absolute Gasteiger partial charge is 0.418 e. The maximum Gasteiger partial charge on any atom is 0.418 e. The van der Waals surface area contributed by atoms with Gasteiger partial charge < -0.3 is 15.4 Å². The molecule has 0 amide bonds. The highest BCUT2D eigenvalue weighted by atomic mass is 35.5. The molecular weight excluding hydrogens is 567 g/mol. The Morgan fingerprint density at radius 2 is 1.98 bits per heavy atom. The molecule has 2 unspecified atom stereocenters. The molecule has 7 nitrogen and oxygen atoms in total. The van der Waals surface area contributed by atoms with Gasteiger partial charge >= 0.3 is 12.2 Å². The first-order chi connectivity index (χ1) is 19.4. The molecule has 1 aromatic carbocycles. The fourth-order valence-electron chi connectivity index (χ4n) is 6.38. The Labute approximate surface area is 238 Å². The molecule has 218 valence electrons. The summed E-state index contributed by atoms with van der Waals surface area (Å²) in [6, 6.07) is 3.98. The minimum atomic E-state index is -4.72. The van der Waals surface area contributed by atoms with E-state index in [1.807, 2.05) is 0 Å². The molecule has 0 saturated carbocycles. The second-order valence-electron chi connectivity index (χ2n) is 11.0. The minimum Gasteiger partial charge on any atom is -0.461 e. The Bertz CT molecular complexity index is 1550. The Morgan fingerprint density at radius 3 is 2.73 bits per heavy atom. The van der Waals surface area contributed by atoms with E-state index in [0.29, 0.717) is 37.1 Å². The van der Waals surface area contributed by atoms with Gasteiger partial charge in [0.1, 0.15) is 30.2 Å². The molecule has 6 rings (SSSR count). The van der Waals surface area contributed by atoms with Crippen LogP contribution >= 0.6 is 11.6 Å². The molecule has 2 saturated heterocycles. The lowest BCUT2D eigenvalue weighted by Gasteiger charge is -2.31. The molecule has 3 aliphatic heterocycles. The van der Waals surface area contributed by atoms with Crippen LogP contribution in [-0.4, -0.2) is 64.3 Å². The fourth-order valence-corrected chi connectivity index (χ4v) is 6.63. The number of nitrogens with two attached hydrogens (primary N) is 1. The van der Waals surface area contributed by atoms with Crippen molar-refractivity contribution < 1.29 is 26.7 Å². The van der Waals surface area contributed by atoms with Crippen molar-refractivity contribution in [1.82, 2.24) is 19.9 Å². The van der Waals surface area contributed by atoms with Crippen molar-refractivity contribution >= 4 is 34.1 Å². The number of rotatable bonds is 5. The van der Waals surface area contributed by atoms with Crippen molar-refractivity contribution in [3.05, 3.63) is 46.3 Å². The molecule has 3 aliphatic rings. The lowest BCUT2D eigenvalue weighted by atomic mass is 9.95. The van der Waals surface area contributed by atoms with Crippen molar-refractivity contribution in [2.24, 2.45) is 0 Å². The van der Waals surface area contributed by atoms with Gasteiger partial charge in [-0.05, 0) is 62.6 Å². The first-order valence-corrected chi connectivity index (χ1v) is 13.8. The fraction of sp³-hybridized carbons (Fsp3) is 0.464. The van der Waals surface area contributed by atoms with Crippen LogP contribution in [0.3, 0.4) is 0 Å². The van der Waals surface area contributed by atoms with Gasteiger partial charge in [0.2, 0.25) is 0 Å². The summed E-state index contributed by atoms with van der Waals surface area (Å²) in [5.41, 5.74) is 4.13. The summed E-state index contributed by atoms with van der Waals surface area (Å²) < 4.78 is 77.0. The van der Waals surface area contributed by atoms with Gasteiger partial charge in [-0.2, -0.15) is 23.1 Å². The third-order valence-corrected chi connectivity index (χ3v) is 8.47. The number of aromatic nitrogens is 3. The summed E-state index contributed by atoms with van der Waals surface area (Å²) in [5.74, 6) is -0.0827. The molecule has 0 spiro atoms. The van der Waals surface area contributed by atoms with Crippen molar-refractivity contribution in [2.75, 3.05) is 43.4 Å². The van der Waals surface area contributed by atoms with Gasteiger partial charge in [-0.3, -0.25) is 4.90 Å². The van der Waals surface area contributed by atoms with Crippen molar-refractivity contribution in [2.45, 2.75) is 50.5 Å². The van der Waals surface area contributed by atoms with Crippen LogP contribution in [0.4, 0.5) is 33.6 Å². The van der Waals surface area contributed by atoms with Crippen LogP contribution in [0.25, 0.3) is 22.2 Å². The van der Waals surface area contributed by atoms with Gasteiger partial charge in [0.25, 0.3) is 0 Å². The summed E-state index contributed by atoms with van der Waals surface area (Å²) in [4.78, 5) is 16.9. The van der Waals surface area contributed by atoms with Crippen LogP contribution < -0.4 is 15.4 Å². The predicted molar refractivity (Wildman–Crippen MR) is 146 cm³/mol. The molecule has 2 atom stereocenters. The summed E-state index contributed by atoms with van der Waals surface area (Å²) in [7, 11) is 0. The molecular formula is C28H28ClF5N6O. The van der Waals surface area contributed by atoms with E-state index in [0.717, 1.165) is 25.5 Å². The Balaban J connectivity index is 1.47. The lowest BCUT2D eigenvalue weighted by Crippen LogP contribution is -2.43. The monoisotopic (exact) mass is 594 g/mol. The number of nitrogens with zero attached hydrogens (tertiary/aromatic N) is 5. The van der Waals surface area contributed by atoms with Gasteiger partial charge in [0.05, 0.1) is 33.9 Å². The number of pyridine rings is 1. The molecule has 2 fully saturated rings. The highest BCUT2D eigenvalue weighted by Gasteiger charge is 2.49. The molecule has 2 N–H and O–H groups in total. The summed E-state index contributed by atoms with van der Waals surface area (Å²) in [5, 5.41) is 0.396. The summed E-state index contributed by atoms with van der Waals surface area (Å²) in [6.45, 7) is 3.00. The number of anilines is 2. The van der Waals surface area contributed by atoms with E-state index in [9.17, 15) is 22.0 Å². The Morgan fingerprint density at radius 1 is 1.17 bits per heavy atom. The van der Waals surface area contributed by atoms with Crippen LogP contribution in [0.1, 0.15) is 36.8 Å². The average Bonchev–Trinajstić information content (AvgIpc) is 3.41. The molecule has 0 bridgehead atoms. The number of aryl methyl sites for hydroxylation is 1. The van der Waals surface area contributed by atoms with E-state index in [1.54, 1.807) is 4.90 Å². The number of benzene rings is 1.